The maximum atomic E-state index is 14.0. The Labute approximate surface area is 129 Å². The molecule has 2 aliphatic rings. The molecular weight excluding hydrogens is 288 g/mol. The van der Waals surface area contributed by atoms with Crippen LogP contribution < -0.4 is 5.32 Å². The van der Waals surface area contributed by atoms with Crippen molar-refractivity contribution in [2.45, 2.75) is 31.8 Å². The van der Waals surface area contributed by atoms with E-state index in [-0.39, 0.29) is 18.1 Å². The number of likely N-dealkylation sites (tertiary alicyclic amines) is 1. The van der Waals surface area contributed by atoms with Crippen molar-refractivity contribution in [3.63, 3.8) is 0 Å². The Bertz CT molecular complexity index is 566. The molecular formula is C16H21F2N3O. The molecule has 1 N–H and O–H groups in total. The van der Waals surface area contributed by atoms with Crippen LogP contribution in [0, 0.1) is 11.6 Å². The van der Waals surface area contributed by atoms with Gasteiger partial charge in [0.05, 0.1) is 0 Å². The van der Waals surface area contributed by atoms with Crippen LogP contribution in [-0.4, -0.2) is 48.1 Å². The van der Waals surface area contributed by atoms with Crippen molar-refractivity contribution < 1.29 is 13.6 Å². The molecule has 3 rings (SSSR count). The summed E-state index contributed by atoms with van der Waals surface area (Å²) in [6.45, 7) is 4.95. The summed E-state index contributed by atoms with van der Waals surface area (Å²) in [6.07, 6.45) is 1.95. The summed E-state index contributed by atoms with van der Waals surface area (Å²) in [5.41, 5.74) is 0.507. The predicted octanol–water partition coefficient (Wildman–Crippen LogP) is 2.52. The second kappa shape index (κ2) is 6.20. The quantitative estimate of drug-likeness (QED) is 0.931. The van der Waals surface area contributed by atoms with Crippen molar-refractivity contribution in [2.24, 2.45) is 0 Å². The van der Waals surface area contributed by atoms with Gasteiger partial charge in [-0.05, 0) is 32.4 Å². The highest BCUT2D eigenvalue weighted by atomic mass is 19.1. The zero-order valence-corrected chi connectivity index (χ0v) is 12.7. The summed E-state index contributed by atoms with van der Waals surface area (Å²) in [5.74, 6) is -1.06. The molecule has 2 saturated heterocycles. The lowest BCUT2D eigenvalue weighted by Crippen LogP contribution is -2.49. The summed E-state index contributed by atoms with van der Waals surface area (Å²) in [5, 5.41) is 2.82. The molecule has 2 amide bonds. The van der Waals surface area contributed by atoms with Gasteiger partial charge in [0.15, 0.2) is 0 Å². The molecule has 1 aromatic rings. The van der Waals surface area contributed by atoms with Crippen LogP contribution in [0.2, 0.25) is 0 Å². The molecule has 0 spiro atoms. The minimum Gasteiger partial charge on any atom is -0.336 e. The molecule has 2 heterocycles. The number of hydrogen-bond donors (Lipinski definition) is 1. The van der Waals surface area contributed by atoms with Crippen molar-refractivity contribution in [3.8, 4) is 0 Å². The van der Waals surface area contributed by atoms with E-state index in [1.54, 1.807) is 0 Å². The lowest BCUT2D eigenvalue weighted by Gasteiger charge is -2.40. The Hall–Kier alpha value is -1.69. The first-order valence-corrected chi connectivity index (χ1v) is 7.79. The fraction of sp³-hybridized carbons (Fsp3) is 0.562. The second-order valence-electron chi connectivity index (χ2n) is 6.06. The van der Waals surface area contributed by atoms with Crippen molar-refractivity contribution in [1.29, 1.82) is 0 Å². The minimum absolute atomic E-state index is 0.00698. The molecule has 2 aliphatic heterocycles. The number of carbonyl (C=O) groups is 1. The highest BCUT2D eigenvalue weighted by molar-refractivity contribution is 5.76. The number of amides is 2. The van der Waals surface area contributed by atoms with Crippen LogP contribution in [0.3, 0.4) is 0 Å². The van der Waals surface area contributed by atoms with E-state index in [2.05, 4.69) is 10.2 Å². The van der Waals surface area contributed by atoms with Gasteiger partial charge in [-0.2, -0.15) is 0 Å². The van der Waals surface area contributed by atoms with Crippen LogP contribution in [0.15, 0.2) is 18.2 Å². The smallest absolute Gasteiger partial charge is 0.317 e. The first-order valence-electron chi connectivity index (χ1n) is 7.79. The molecule has 0 unspecified atom stereocenters. The van der Waals surface area contributed by atoms with E-state index in [4.69, 9.17) is 0 Å². The van der Waals surface area contributed by atoms with Gasteiger partial charge in [0.1, 0.15) is 11.6 Å². The van der Waals surface area contributed by atoms with E-state index in [0.717, 1.165) is 38.5 Å². The second-order valence-corrected chi connectivity index (χ2v) is 6.06. The number of halogens is 2. The Kier molecular flexibility index (Phi) is 4.29. The fourth-order valence-corrected chi connectivity index (χ4v) is 3.46. The average Bonchev–Trinajstić information content (AvgIpc) is 2.93. The SMILES string of the molecule is C[C@H](c1ccc(F)cc1F)N1CCC[C@H](N2CCNC2=O)C1. The molecule has 0 aliphatic carbocycles. The van der Waals surface area contributed by atoms with Gasteiger partial charge in [-0.15, -0.1) is 0 Å². The number of rotatable bonds is 3. The summed E-state index contributed by atoms with van der Waals surface area (Å²) in [7, 11) is 0. The van der Waals surface area contributed by atoms with Crippen LogP contribution in [0.4, 0.5) is 13.6 Å². The number of hydrogen-bond acceptors (Lipinski definition) is 2. The summed E-state index contributed by atoms with van der Waals surface area (Å²) in [6, 6.07) is 3.77. The first-order chi connectivity index (χ1) is 10.6. The third-order valence-electron chi connectivity index (χ3n) is 4.72. The largest absolute Gasteiger partial charge is 0.336 e. The van der Waals surface area contributed by atoms with Gasteiger partial charge < -0.3 is 10.2 Å². The zero-order valence-electron chi connectivity index (χ0n) is 12.7. The van der Waals surface area contributed by atoms with E-state index in [9.17, 15) is 13.6 Å². The molecule has 22 heavy (non-hydrogen) atoms. The van der Waals surface area contributed by atoms with Crippen LogP contribution in [0.25, 0.3) is 0 Å². The van der Waals surface area contributed by atoms with Gasteiger partial charge in [0.2, 0.25) is 0 Å². The Balaban J connectivity index is 1.72. The van der Waals surface area contributed by atoms with E-state index in [0.29, 0.717) is 12.1 Å². The summed E-state index contributed by atoms with van der Waals surface area (Å²) < 4.78 is 27.0. The van der Waals surface area contributed by atoms with E-state index < -0.39 is 11.6 Å². The number of urea groups is 1. The third kappa shape index (κ3) is 2.92. The van der Waals surface area contributed by atoms with Gasteiger partial charge in [-0.25, -0.2) is 13.6 Å². The van der Waals surface area contributed by atoms with Gasteiger partial charge >= 0.3 is 6.03 Å². The highest BCUT2D eigenvalue weighted by Crippen LogP contribution is 2.28. The number of piperidine rings is 1. The monoisotopic (exact) mass is 309 g/mol. The van der Waals surface area contributed by atoms with Gasteiger partial charge in [0, 0.05) is 43.3 Å². The standard InChI is InChI=1S/C16H21F2N3O/c1-11(14-5-4-12(17)9-15(14)18)20-7-2-3-13(10-20)21-8-6-19-16(21)22/h4-5,9,11,13H,2-3,6-8,10H2,1H3,(H,19,22)/t11-,13+/m1/s1. The van der Waals surface area contributed by atoms with Gasteiger partial charge in [-0.3, -0.25) is 4.90 Å². The molecule has 0 aromatic heterocycles. The van der Waals surface area contributed by atoms with Crippen molar-refractivity contribution in [1.82, 2.24) is 15.1 Å². The van der Waals surface area contributed by atoms with E-state index >= 15 is 0 Å². The summed E-state index contributed by atoms with van der Waals surface area (Å²) in [4.78, 5) is 15.9. The topological polar surface area (TPSA) is 35.6 Å². The number of nitrogens with one attached hydrogen (secondary N) is 1. The fourth-order valence-electron chi connectivity index (χ4n) is 3.46. The molecule has 0 saturated carbocycles. The molecule has 4 nitrogen and oxygen atoms in total. The lowest BCUT2D eigenvalue weighted by atomic mass is 9.99. The summed E-state index contributed by atoms with van der Waals surface area (Å²) >= 11 is 0. The zero-order chi connectivity index (χ0) is 15.7. The number of nitrogens with zero attached hydrogens (tertiary/aromatic N) is 2. The minimum atomic E-state index is -0.557. The average molecular weight is 309 g/mol. The molecule has 0 radical (unpaired) electrons. The molecule has 2 atom stereocenters. The molecule has 0 bridgehead atoms. The van der Waals surface area contributed by atoms with Crippen LogP contribution in [0.1, 0.15) is 31.4 Å². The van der Waals surface area contributed by atoms with Gasteiger partial charge in [-0.1, -0.05) is 6.07 Å². The third-order valence-corrected chi connectivity index (χ3v) is 4.72. The lowest BCUT2D eigenvalue weighted by molar-refractivity contribution is 0.0988. The molecule has 6 heteroatoms. The predicted molar refractivity (Wildman–Crippen MR) is 79.5 cm³/mol. The Morgan fingerprint density at radius 1 is 1.32 bits per heavy atom. The maximum Gasteiger partial charge on any atom is 0.317 e. The molecule has 1 aromatic carbocycles. The normalized spacial score (nSPS) is 24.4. The molecule has 120 valence electrons. The first kappa shape index (κ1) is 15.2. The van der Waals surface area contributed by atoms with Crippen molar-refractivity contribution in [3.05, 3.63) is 35.4 Å². The number of benzene rings is 1. The van der Waals surface area contributed by atoms with Gasteiger partial charge in [0.25, 0.3) is 0 Å². The number of carbonyl (C=O) groups excluding carboxylic acids is 1. The van der Waals surface area contributed by atoms with Crippen molar-refractivity contribution in [2.75, 3.05) is 26.2 Å². The Morgan fingerprint density at radius 3 is 2.82 bits per heavy atom. The van der Waals surface area contributed by atoms with Crippen LogP contribution in [0.5, 0.6) is 0 Å². The Morgan fingerprint density at radius 2 is 2.14 bits per heavy atom. The maximum absolute atomic E-state index is 14.0. The molecule has 2 fully saturated rings. The van der Waals surface area contributed by atoms with E-state index in [1.807, 2.05) is 11.8 Å². The van der Waals surface area contributed by atoms with E-state index in [1.165, 1.54) is 12.1 Å². The van der Waals surface area contributed by atoms with Crippen molar-refractivity contribution >= 4 is 6.03 Å². The van der Waals surface area contributed by atoms with Crippen LogP contribution >= 0.6 is 0 Å². The van der Waals surface area contributed by atoms with Crippen LogP contribution in [-0.2, 0) is 0 Å². The highest BCUT2D eigenvalue weighted by Gasteiger charge is 2.33.